The first kappa shape index (κ1) is 18.5. The monoisotopic (exact) mass is 379 g/mol. The van der Waals surface area contributed by atoms with Gasteiger partial charge in [-0.1, -0.05) is 18.1 Å². The average Bonchev–Trinajstić information content (AvgIpc) is 3.20. The van der Waals surface area contributed by atoms with Gasteiger partial charge in [0.25, 0.3) is 0 Å². The van der Waals surface area contributed by atoms with Gasteiger partial charge >= 0.3 is 0 Å². The summed E-state index contributed by atoms with van der Waals surface area (Å²) < 4.78 is 5.34. The van der Waals surface area contributed by atoms with Crippen LogP contribution in [-0.2, 0) is 6.42 Å². The summed E-state index contributed by atoms with van der Waals surface area (Å²) in [7, 11) is 0. The highest BCUT2D eigenvalue weighted by Crippen LogP contribution is 2.24. The molecule has 0 bridgehead atoms. The third-order valence-corrected chi connectivity index (χ3v) is 5.11. The van der Waals surface area contributed by atoms with Crippen LogP contribution < -0.4 is 4.90 Å². The van der Waals surface area contributed by atoms with Gasteiger partial charge < -0.3 is 9.42 Å². The lowest BCUT2D eigenvalue weighted by molar-refractivity contribution is 0.164. The van der Waals surface area contributed by atoms with E-state index in [2.05, 4.69) is 49.8 Å². The van der Waals surface area contributed by atoms with Crippen molar-refractivity contribution in [2.45, 2.75) is 33.2 Å². The lowest BCUT2D eigenvalue weighted by Crippen LogP contribution is -2.47. The van der Waals surface area contributed by atoms with Crippen LogP contribution in [0.25, 0.3) is 11.5 Å². The van der Waals surface area contributed by atoms with Gasteiger partial charge in [-0.15, -0.1) is 0 Å². The number of anilines is 1. The lowest BCUT2D eigenvalue weighted by Gasteiger charge is -2.37. The molecule has 8 nitrogen and oxygen atoms in total. The fourth-order valence-corrected chi connectivity index (χ4v) is 3.41. The van der Waals surface area contributed by atoms with E-state index < -0.39 is 0 Å². The molecule has 4 rings (SSSR count). The highest BCUT2D eigenvalue weighted by Gasteiger charge is 2.26. The van der Waals surface area contributed by atoms with Gasteiger partial charge in [-0.05, 0) is 32.4 Å². The lowest BCUT2D eigenvalue weighted by atomic mass is 10.2. The molecule has 0 N–H and O–H groups in total. The zero-order valence-electron chi connectivity index (χ0n) is 16.5. The molecule has 3 aromatic rings. The van der Waals surface area contributed by atoms with Crippen LogP contribution in [0, 0.1) is 6.92 Å². The number of hydrogen-bond acceptors (Lipinski definition) is 8. The Balaban J connectivity index is 1.50. The molecule has 1 fully saturated rings. The molecule has 146 valence electrons. The SMILES string of the molecule is CCc1cc(N2CCN(C(C)c3nc(C)no3)CC2)nc(-c2ccccn2)n1. The predicted octanol–water partition coefficient (Wildman–Crippen LogP) is 2.68. The molecule has 1 saturated heterocycles. The summed E-state index contributed by atoms with van der Waals surface area (Å²) in [6.45, 7) is 9.66. The predicted molar refractivity (Wildman–Crippen MR) is 106 cm³/mol. The van der Waals surface area contributed by atoms with Crippen molar-refractivity contribution in [1.29, 1.82) is 0 Å². The summed E-state index contributed by atoms with van der Waals surface area (Å²) in [5, 5.41) is 3.91. The maximum Gasteiger partial charge on any atom is 0.243 e. The summed E-state index contributed by atoms with van der Waals surface area (Å²) in [6, 6.07) is 8.02. The van der Waals surface area contributed by atoms with E-state index in [0.717, 1.165) is 49.8 Å². The number of aromatic nitrogens is 5. The number of hydrogen-bond donors (Lipinski definition) is 0. The third-order valence-electron chi connectivity index (χ3n) is 5.11. The minimum atomic E-state index is 0.115. The van der Waals surface area contributed by atoms with Crippen molar-refractivity contribution >= 4 is 5.82 Å². The fourth-order valence-electron chi connectivity index (χ4n) is 3.41. The molecule has 0 aliphatic carbocycles. The van der Waals surface area contributed by atoms with E-state index in [4.69, 9.17) is 9.51 Å². The minimum Gasteiger partial charge on any atom is -0.354 e. The van der Waals surface area contributed by atoms with Gasteiger partial charge in [-0.2, -0.15) is 4.98 Å². The van der Waals surface area contributed by atoms with Crippen LogP contribution in [0.3, 0.4) is 0 Å². The first-order chi connectivity index (χ1) is 13.6. The Morgan fingerprint density at radius 2 is 1.93 bits per heavy atom. The zero-order chi connectivity index (χ0) is 19.5. The van der Waals surface area contributed by atoms with E-state index in [1.54, 1.807) is 6.20 Å². The zero-order valence-corrected chi connectivity index (χ0v) is 16.5. The number of pyridine rings is 1. The quantitative estimate of drug-likeness (QED) is 0.669. The van der Waals surface area contributed by atoms with Crippen molar-refractivity contribution in [3.63, 3.8) is 0 Å². The van der Waals surface area contributed by atoms with Gasteiger partial charge in [-0.25, -0.2) is 9.97 Å². The van der Waals surface area contributed by atoms with E-state index >= 15 is 0 Å². The van der Waals surface area contributed by atoms with Crippen LogP contribution in [0.1, 0.15) is 37.3 Å². The average molecular weight is 379 g/mol. The summed E-state index contributed by atoms with van der Waals surface area (Å²) in [6.07, 6.45) is 2.64. The van der Waals surface area contributed by atoms with Crippen molar-refractivity contribution in [1.82, 2.24) is 30.0 Å². The largest absolute Gasteiger partial charge is 0.354 e. The molecular weight excluding hydrogens is 354 g/mol. The topological polar surface area (TPSA) is 84.1 Å². The van der Waals surface area contributed by atoms with Crippen molar-refractivity contribution < 1.29 is 4.52 Å². The van der Waals surface area contributed by atoms with Crippen LogP contribution in [0.5, 0.6) is 0 Å². The van der Waals surface area contributed by atoms with E-state index in [0.29, 0.717) is 17.5 Å². The van der Waals surface area contributed by atoms with Gasteiger partial charge in [0.1, 0.15) is 11.5 Å². The molecule has 0 spiro atoms. The smallest absolute Gasteiger partial charge is 0.243 e. The molecule has 28 heavy (non-hydrogen) atoms. The van der Waals surface area contributed by atoms with Crippen molar-refractivity contribution in [2.75, 3.05) is 31.1 Å². The minimum absolute atomic E-state index is 0.115. The van der Waals surface area contributed by atoms with Gasteiger partial charge in [0, 0.05) is 44.1 Å². The molecule has 8 heteroatoms. The van der Waals surface area contributed by atoms with E-state index in [1.807, 2.05) is 25.1 Å². The van der Waals surface area contributed by atoms with Crippen LogP contribution in [-0.4, -0.2) is 56.2 Å². The van der Waals surface area contributed by atoms with Crippen LogP contribution in [0.2, 0.25) is 0 Å². The Kier molecular flexibility index (Phi) is 5.29. The van der Waals surface area contributed by atoms with Crippen LogP contribution in [0.15, 0.2) is 35.0 Å². The summed E-state index contributed by atoms with van der Waals surface area (Å²) in [5.41, 5.74) is 1.83. The maximum absolute atomic E-state index is 5.34. The Morgan fingerprint density at radius 3 is 2.57 bits per heavy atom. The maximum atomic E-state index is 5.34. The Morgan fingerprint density at radius 1 is 1.11 bits per heavy atom. The normalized spacial score (nSPS) is 16.3. The molecule has 0 radical (unpaired) electrons. The van der Waals surface area contributed by atoms with Crippen LogP contribution in [0.4, 0.5) is 5.82 Å². The van der Waals surface area contributed by atoms with Gasteiger partial charge in [0.05, 0.1) is 6.04 Å². The van der Waals surface area contributed by atoms with Crippen LogP contribution >= 0.6 is 0 Å². The third kappa shape index (κ3) is 3.87. The van der Waals surface area contributed by atoms with Crippen molar-refractivity contribution in [3.8, 4) is 11.5 Å². The first-order valence-corrected chi connectivity index (χ1v) is 9.72. The van der Waals surface area contributed by atoms with Crippen molar-refractivity contribution in [3.05, 3.63) is 47.9 Å². The standard InChI is InChI=1S/C20H25N7O/c1-4-16-13-18(24-19(23-16)17-7-5-6-8-21-17)27-11-9-26(10-12-27)14(2)20-22-15(3)25-28-20/h5-8,13-14H,4,9-12H2,1-3H3. The molecule has 0 aromatic carbocycles. The fraction of sp³-hybridized carbons (Fsp3) is 0.450. The Hall–Kier alpha value is -2.87. The Labute approximate surface area is 164 Å². The highest BCUT2D eigenvalue weighted by molar-refractivity contribution is 5.54. The number of piperazine rings is 1. The number of nitrogens with zero attached hydrogens (tertiary/aromatic N) is 7. The number of rotatable bonds is 5. The molecule has 0 saturated carbocycles. The van der Waals surface area contributed by atoms with E-state index in [1.165, 1.54) is 0 Å². The molecule has 3 aromatic heterocycles. The molecule has 4 heterocycles. The first-order valence-electron chi connectivity index (χ1n) is 9.72. The molecule has 0 amide bonds. The Bertz CT molecular complexity index is 919. The second-order valence-corrected chi connectivity index (χ2v) is 6.99. The molecule has 1 aliphatic heterocycles. The summed E-state index contributed by atoms with van der Waals surface area (Å²) in [5.74, 6) is 3.01. The van der Waals surface area contributed by atoms with Gasteiger partial charge in [0.2, 0.25) is 5.89 Å². The number of aryl methyl sites for hydroxylation is 2. The summed E-state index contributed by atoms with van der Waals surface area (Å²) in [4.78, 5) is 22.9. The highest BCUT2D eigenvalue weighted by atomic mass is 16.5. The molecule has 1 unspecified atom stereocenters. The molecule has 1 atom stereocenters. The van der Waals surface area contributed by atoms with Gasteiger partial charge in [0.15, 0.2) is 11.6 Å². The second-order valence-electron chi connectivity index (χ2n) is 6.99. The van der Waals surface area contributed by atoms with Gasteiger partial charge in [-0.3, -0.25) is 9.88 Å². The molecular formula is C20H25N7O. The summed E-state index contributed by atoms with van der Waals surface area (Å²) >= 11 is 0. The molecule has 1 aliphatic rings. The van der Waals surface area contributed by atoms with E-state index in [9.17, 15) is 0 Å². The second kappa shape index (κ2) is 8.02. The van der Waals surface area contributed by atoms with Crippen molar-refractivity contribution in [2.24, 2.45) is 0 Å². The van der Waals surface area contributed by atoms with E-state index in [-0.39, 0.29) is 6.04 Å².